The van der Waals surface area contributed by atoms with Crippen molar-refractivity contribution in [3.8, 4) is 5.75 Å². The highest BCUT2D eigenvalue weighted by Gasteiger charge is 2.46. The van der Waals surface area contributed by atoms with Crippen LogP contribution in [-0.4, -0.2) is 37.6 Å². The van der Waals surface area contributed by atoms with Gasteiger partial charge in [0.15, 0.2) is 0 Å². The summed E-state index contributed by atoms with van der Waals surface area (Å²) < 4.78 is 5.61. The van der Waals surface area contributed by atoms with E-state index in [1.165, 1.54) is 27.8 Å². The molecule has 4 nitrogen and oxygen atoms in total. The number of anilines is 1. The Morgan fingerprint density at radius 1 is 0.919 bits per heavy atom. The van der Waals surface area contributed by atoms with E-state index in [1.807, 2.05) is 23.1 Å². The number of carbonyl (C=O) groups excluding carboxylic acids is 1. The number of benzene rings is 3. The molecule has 0 atom stereocenters. The van der Waals surface area contributed by atoms with Gasteiger partial charge < -0.3 is 9.64 Å². The lowest BCUT2D eigenvalue weighted by molar-refractivity contribution is 0.0975. The Balaban J connectivity index is 1.39. The van der Waals surface area contributed by atoms with Crippen molar-refractivity contribution in [1.29, 1.82) is 0 Å². The van der Waals surface area contributed by atoms with Crippen LogP contribution in [0.2, 0.25) is 0 Å². The summed E-state index contributed by atoms with van der Waals surface area (Å²) in [7, 11) is 1.72. The molecule has 1 fully saturated rings. The van der Waals surface area contributed by atoms with Crippen LogP contribution in [0.1, 0.15) is 71.8 Å². The number of rotatable bonds is 4. The first-order chi connectivity index (χ1) is 17.6. The van der Waals surface area contributed by atoms with Gasteiger partial charge in [0.2, 0.25) is 0 Å². The minimum Gasteiger partial charge on any atom is -0.497 e. The standard InChI is InChI=1S/C33H40N2O2/c1-23-17-24(2)19-25(18-23)21-34-15-13-33(14-16-34)22-35(30-12-11-28(37-6)20-29(30)33)31(36)26-7-9-27(10-8-26)32(3,4)5/h7-12,17-20H,13-16,21-22H2,1-6H3. The Labute approximate surface area is 222 Å². The van der Waals surface area contributed by atoms with E-state index < -0.39 is 0 Å². The number of methoxy groups -OCH3 is 1. The molecule has 0 bridgehead atoms. The van der Waals surface area contributed by atoms with Crippen molar-refractivity contribution in [2.24, 2.45) is 0 Å². The summed E-state index contributed by atoms with van der Waals surface area (Å²) in [6.07, 6.45) is 2.06. The predicted molar refractivity (Wildman–Crippen MR) is 152 cm³/mol. The van der Waals surface area contributed by atoms with Gasteiger partial charge in [0.25, 0.3) is 5.91 Å². The van der Waals surface area contributed by atoms with Gasteiger partial charge in [-0.3, -0.25) is 9.69 Å². The van der Waals surface area contributed by atoms with Gasteiger partial charge in [0.05, 0.1) is 7.11 Å². The van der Waals surface area contributed by atoms with Crippen LogP contribution < -0.4 is 9.64 Å². The van der Waals surface area contributed by atoms with Crippen LogP contribution in [0, 0.1) is 13.8 Å². The van der Waals surface area contributed by atoms with Gasteiger partial charge in [-0.15, -0.1) is 0 Å². The molecular weight excluding hydrogens is 456 g/mol. The fraction of sp³-hybridized carbons (Fsp3) is 0.424. The molecule has 0 aliphatic carbocycles. The van der Waals surface area contributed by atoms with Gasteiger partial charge >= 0.3 is 0 Å². The summed E-state index contributed by atoms with van der Waals surface area (Å²) in [6, 6.07) is 21.2. The smallest absolute Gasteiger partial charge is 0.258 e. The number of piperidine rings is 1. The van der Waals surface area contributed by atoms with Crippen LogP contribution >= 0.6 is 0 Å². The molecule has 194 valence electrons. The summed E-state index contributed by atoms with van der Waals surface area (Å²) >= 11 is 0. The molecule has 0 saturated carbocycles. The Bertz CT molecular complexity index is 1270. The molecule has 37 heavy (non-hydrogen) atoms. The van der Waals surface area contributed by atoms with Crippen LogP contribution in [0.3, 0.4) is 0 Å². The third-order valence-electron chi connectivity index (χ3n) is 8.27. The van der Waals surface area contributed by atoms with Crippen molar-refractivity contribution in [2.45, 2.75) is 64.8 Å². The molecule has 0 unspecified atom stereocenters. The maximum Gasteiger partial charge on any atom is 0.258 e. The molecule has 0 radical (unpaired) electrons. The van der Waals surface area contributed by atoms with Crippen LogP contribution in [0.15, 0.2) is 60.7 Å². The highest BCUT2D eigenvalue weighted by Crippen LogP contribution is 2.49. The fourth-order valence-corrected chi connectivity index (χ4v) is 6.21. The second kappa shape index (κ2) is 9.64. The Kier molecular flexibility index (Phi) is 6.66. The molecule has 0 aromatic heterocycles. The number of nitrogens with zero attached hydrogens (tertiary/aromatic N) is 2. The SMILES string of the molecule is COc1ccc2c(c1)C1(CCN(Cc3cc(C)cc(C)c3)CC1)CN2C(=O)c1ccc(C(C)(C)C)cc1. The molecule has 1 spiro atoms. The highest BCUT2D eigenvalue weighted by molar-refractivity contribution is 6.07. The first kappa shape index (κ1) is 25.5. The number of aryl methyl sites for hydroxylation is 2. The van der Waals surface area contributed by atoms with E-state index in [2.05, 4.69) is 82.0 Å². The molecule has 2 aliphatic rings. The predicted octanol–water partition coefficient (Wildman–Crippen LogP) is 6.80. The second-order valence-electron chi connectivity index (χ2n) is 12.2. The lowest BCUT2D eigenvalue weighted by atomic mass is 9.74. The molecule has 1 saturated heterocycles. The van der Waals surface area contributed by atoms with Gasteiger partial charge in [-0.2, -0.15) is 0 Å². The topological polar surface area (TPSA) is 32.8 Å². The lowest BCUT2D eigenvalue weighted by Gasteiger charge is -2.40. The lowest BCUT2D eigenvalue weighted by Crippen LogP contribution is -2.45. The van der Waals surface area contributed by atoms with Gasteiger partial charge in [0, 0.05) is 29.8 Å². The number of fused-ring (bicyclic) bond motifs is 2. The summed E-state index contributed by atoms with van der Waals surface area (Å²) in [6.45, 7) is 14.7. The van der Waals surface area contributed by atoms with Crippen molar-refractivity contribution in [1.82, 2.24) is 4.90 Å². The molecular formula is C33H40N2O2. The van der Waals surface area contributed by atoms with E-state index in [9.17, 15) is 4.79 Å². The normalized spacial score (nSPS) is 17.2. The van der Waals surface area contributed by atoms with Crippen molar-refractivity contribution >= 4 is 11.6 Å². The maximum absolute atomic E-state index is 13.8. The van der Waals surface area contributed by atoms with Crippen molar-refractivity contribution in [3.05, 3.63) is 94.0 Å². The van der Waals surface area contributed by atoms with Gasteiger partial charge in [0.1, 0.15) is 5.75 Å². The maximum atomic E-state index is 13.8. The third kappa shape index (κ3) is 5.04. The Hall–Kier alpha value is -3.11. The molecule has 4 heteroatoms. The van der Waals surface area contributed by atoms with Gasteiger partial charge in [-0.05, 0) is 92.2 Å². The number of hydrogen-bond acceptors (Lipinski definition) is 3. The molecule has 5 rings (SSSR count). The Morgan fingerprint density at radius 3 is 2.16 bits per heavy atom. The summed E-state index contributed by atoms with van der Waals surface area (Å²) in [5.41, 5.74) is 8.35. The van der Waals surface area contributed by atoms with E-state index >= 15 is 0 Å². The van der Waals surface area contributed by atoms with Crippen LogP contribution in [0.5, 0.6) is 5.75 Å². The van der Waals surface area contributed by atoms with Crippen molar-refractivity contribution in [2.75, 3.05) is 31.6 Å². The minimum atomic E-state index is -0.0378. The van der Waals surface area contributed by atoms with Crippen molar-refractivity contribution in [3.63, 3.8) is 0 Å². The first-order valence-corrected chi connectivity index (χ1v) is 13.5. The van der Waals surface area contributed by atoms with Gasteiger partial charge in [-0.1, -0.05) is 62.2 Å². The zero-order valence-corrected chi connectivity index (χ0v) is 23.2. The summed E-state index contributed by atoms with van der Waals surface area (Å²) in [5.74, 6) is 0.945. The molecule has 2 heterocycles. The number of hydrogen-bond donors (Lipinski definition) is 0. The minimum absolute atomic E-state index is 0.0378. The average molecular weight is 497 g/mol. The van der Waals surface area contributed by atoms with E-state index in [4.69, 9.17) is 4.74 Å². The first-order valence-electron chi connectivity index (χ1n) is 13.5. The summed E-state index contributed by atoms with van der Waals surface area (Å²) in [5, 5.41) is 0. The average Bonchev–Trinajstić information content (AvgIpc) is 3.17. The molecule has 0 N–H and O–H groups in total. The fourth-order valence-electron chi connectivity index (χ4n) is 6.21. The molecule has 3 aromatic carbocycles. The third-order valence-corrected chi connectivity index (χ3v) is 8.27. The number of ether oxygens (including phenoxy) is 1. The number of likely N-dealkylation sites (tertiary alicyclic amines) is 1. The zero-order chi connectivity index (χ0) is 26.4. The van der Waals surface area contributed by atoms with E-state index in [0.29, 0.717) is 0 Å². The van der Waals surface area contributed by atoms with E-state index in [1.54, 1.807) is 7.11 Å². The van der Waals surface area contributed by atoms with E-state index in [0.717, 1.165) is 56.0 Å². The van der Waals surface area contributed by atoms with Crippen LogP contribution in [-0.2, 0) is 17.4 Å². The molecule has 3 aromatic rings. The molecule has 2 aliphatic heterocycles. The Morgan fingerprint density at radius 2 is 1.57 bits per heavy atom. The second-order valence-corrected chi connectivity index (χ2v) is 12.2. The largest absolute Gasteiger partial charge is 0.497 e. The van der Waals surface area contributed by atoms with Crippen molar-refractivity contribution < 1.29 is 9.53 Å². The number of carbonyl (C=O) groups is 1. The zero-order valence-electron chi connectivity index (χ0n) is 23.2. The summed E-state index contributed by atoms with van der Waals surface area (Å²) in [4.78, 5) is 18.4. The monoisotopic (exact) mass is 496 g/mol. The van der Waals surface area contributed by atoms with Gasteiger partial charge in [-0.25, -0.2) is 0 Å². The highest BCUT2D eigenvalue weighted by atomic mass is 16.5. The quantitative estimate of drug-likeness (QED) is 0.398. The number of amides is 1. The van der Waals surface area contributed by atoms with Crippen LogP contribution in [0.25, 0.3) is 0 Å². The molecule has 1 amide bonds. The van der Waals surface area contributed by atoms with E-state index in [-0.39, 0.29) is 16.7 Å². The van der Waals surface area contributed by atoms with Crippen LogP contribution in [0.4, 0.5) is 5.69 Å².